The number of carbonyl (C=O) groups excluding carboxylic acids is 1. The van der Waals surface area contributed by atoms with Crippen LogP contribution in [0.2, 0.25) is 0 Å². The molecule has 11 nitrogen and oxygen atoms in total. The minimum atomic E-state index is -0.944. The van der Waals surface area contributed by atoms with Crippen LogP contribution in [0.1, 0.15) is 38.4 Å². The molecule has 0 unspecified atom stereocenters. The van der Waals surface area contributed by atoms with Crippen LogP contribution >= 0.6 is 24.2 Å². The highest BCUT2D eigenvalue weighted by molar-refractivity contribution is 8.01. The zero-order chi connectivity index (χ0) is 18.5. The Morgan fingerprint density at radius 1 is 1.33 bits per heavy atom. The van der Waals surface area contributed by atoms with Crippen molar-refractivity contribution in [3.05, 3.63) is 18.2 Å². The van der Waals surface area contributed by atoms with Crippen molar-refractivity contribution < 1.29 is 31.1 Å². The number of β-lactam (4-membered cyclic amide) rings is 1. The second-order valence-electron chi connectivity index (χ2n) is 7.59. The molecule has 0 aromatic carbocycles. The van der Waals surface area contributed by atoms with Crippen molar-refractivity contribution in [1.29, 1.82) is 0 Å². The summed E-state index contributed by atoms with van der Waals surface area (Å²) in [5.41, 5.74) is 0. The number of aliphatic carboxylic acids is 1. The lowest BCUT2D eigenvalue weighted by atomic mass is 9.96. The molecule has 0 spiro atoms. The van der Waals surface area contributed by atoms with E-state index in [1.807, 2.05) is 20.0 Å². The number of nitrogens with one attached hydrogen (secondary N) is 1. The highest BCUT2D eigenvalue weighted by Crippen LogP contribution is 2.51. The number of carbonyl (C=O) groups is 2. The van der Waals surface area contributed by atoms with E-state index in [2.05, 4.69) is 19.9 Å². The van der Waals surface area contributed by atoms with Gasteiger partial charge in [-0.1, -0.05) is 0 Å². The van der Waals surface area contributed by atoms with E-state index < -0.39 is 22.8 Å². The largest absolute Gasteiger partial charge is 0.480 e. The quantitative estimate of drug-likeness (QED) is 0.326. The standard InChI is InChI=1S/C17H23N5O3S.ClH.3H2O/c1-17(2)12(16(24)25)22-14(23)11(15(22)26-17)20-9-21-7-3-10(4-8-21)13-18-5-6-19-13;;;;/h5-6,9-12,15H,3-4,7-8H2,1-2H3,(H,18,19)(H,24,25);1H;3*1H2/t11-,12+,15-;;;;/m1..../s1. The fraction of sp³-hybridized carbons (Fsp3) is 0.647. The number of H-pyrrole nitrogens is 1. The summed E-state index contributed by atoms with van der Waals surface area (Å²) < 4.78 is -0.502. The number of thioether (sulfide) groups is 1. The Morgan fingerprint density at radius 3 is 2.50 bits per heavy atom. The number of hydrogen-bond donors (Lipinski definition) is 2. The maximum Gasteiger partial charge on any atom is 0.327 e. The number of nitrogens with zero attached hydrogens (tertiary/aromatic N) is 4. The second kappa shape index (κ2) is 10.4. The van der Waals surface area contributed by atoms with Crippen LogP contribution in [-0.4, -0.2) is 94.8 Å². The van der Waals surface area contributed by atoms with Crippen LogP contribution in [0.3, 0.4) is 0 Å². The lowest BCUT2D eigenvalue weighted by Gasteiger charge is -2.41. The van der Waals surface area contributed by atoms with Gasteiger partial charge < -0.3 is 36.3 Å². The zero-order valence-corrected chi connectivity index (χ0v) is 18.4. The van der Waals surface area contributed by atoms with Crippen molar-refractivity contribution in [2.75, 3.05) is 13.1 Å². The normalized spacial score (nSPS) is 27.1. The molecular formula is C17H30ClN5O6S. The molecule has 4 rings (SSSR count). The molecular weight excluding hydrogens is 438 g/mol. The Hall–Kier alpha value is -1.86. The molecule has 1 amide bonds. The lowest BCUT2D eigenvalue weighted by molar-refractivity contribution is -0.158. The first-order valence-electron chi connectivity index (χ1n) is 8.88. The molecule has 0 saturated carbocycles. The zero-order valence-electron chi connectivity index (χ0n) is 16.7. The lowest BCUT2D eigenvalue weighted by Crippen LogP contribution is -2.65. The van der Waals surface area contributed by atoms with Gasteiger partial charge in [-0.15, -0.1) is 24.2 Å². The van der Waals surface area contributed by atoms with E-state index in [9.17, 15) is 14.7 Å². The van der Waals surface area contributed by atoms with Gasteiger partial charge in [-0.25, -0.2) is 9.78 Å². The number of likely N-dealkylation sites (tertiary alicyclic amines) is 1. The molecule has 0 radical (unpaired) electrons. The van der Waals surface area contributed by atoms with Gasteiger partial charge in [-0.05, 0) is 26.7 Å². The first-order valence-corrected chi connectivity index (χ1v) is 9.76. The molecule has 3 saturated heterocycles. The van der Waals surface area contributed by atoms with E-state index in [4.69, 9.17) is 0 Å². The Bertz CT molecular complexity index is 741. The van der Waals surface area contributed by atoms with Crippen LogP contribution in [0.5, 0.6) is 0 Å². The number of aromatic amines is 1. The summed E-state index contributed by atoms with van der Waals surface area (Å²) in [7, 11) is 0. The van der Waals surface area contributed by atoms with Gasteiger partial charge in [-0.3, -0.25) is 9.79 Å². The first-order chi connectivity index (χ1) is 12.4. The summed E-state index contributed by atoms with van der Waals surface area (Å²) in [5.74, 6) is 0.358. The number of amides is 1. The molecule has 0 aliphatic carbocycles. The van der Waals surface area contributed by atoms with E-state index in [1.165, 1.54) is 16.7 Å². The number of fused-ring (bicyclic) bond motifs is 1. The highest BCUT2D eigenvalue weighted by atomic mass is 35.5. The Morgan fingerprint density at radius 2 is 1.97 bits per heavy atom. The fourth-order valence-corrected chi connectivity index (χ4v) is 5.71. The maximum absolute atomic E-state index is 12.4. The Labute approximate surface area is 184 Å². The average molecular weight is 468 g/mol. The third kappa shape index (κ3) is 4.72. The van der Waals surface area contributed by atoms with E-state index in [0.29, 0.717) is 5.92 Å². The van der Waals surface area contributed by atoms with Gasteiger partial charge in [0.2, 0.25) is 0 Å². The minimum Gasteiger partial charge on any atom is -0.480 e. The predicted octanol–water partition coefficient (Wildman–Crippen LogP) is -0.919. The summed E-state index contributed by atoms with van der Waals surface area (Å²) in [5, 5.41) is 9.28. The molecule has 0 bridgehead atoms. The van der Waals surface area contributed by atoms with Gasteiger partial charge in [-0.2, -0.15) is 0 Å². The van der Waals surface area contributed by atoms with Gasteiger partial charge in [0.1, 0.15) is 17.2 Å². The van der Waals surface area contributed by atoms with Gasteiger partial charge in [0.25, 0.3) is 5.91 Å². The number of rotatable bonds is 4. The molecule has 13 heteroatoms. The summed E-state index contributed by atoms with van der Waals surface area (Å²) in [6.07, 6.45) is 7.40. The van der Waals surface area contributed by atoms with Crippen molar-refractivity contribution in [3.63, 3.8) is 0 Å². The summed E-state index contributed by atoms with van der Waals surface area (Å²) in [6, 6.07) is -1.24. The van der Waals surface area contributed by atoms with Gasteiger partial charge >= 0.3 is 5.97 Å². The van der Waals surface area contributed by atoms with Crippen molar-refractivity contribution >= 4 is 42.4 Å². The molecule has 3 aliphatic heterocycles. The van der Waals surface area contributed by atoms with Crippen molar-refractivity contribution in [1.82, 2.24) is 19.8 Å². The molecule has 30 heavy (non-hydrogen) atoms. The summed E-state index contributed by atoms with van der Waals surface area (Å²) in [6.45, 7) is 5.51. The molecule has 4 heterocycles. The van der Waals surface area contributed by atoms with Crippen molar-refractivity contribution in [3.8, 4) is 0 Å². The van der Waals surface area contributed by atoms with Crippen LogP contribution < -0.4 is 0 Å². The number of piperidine rings is 1. The molecule has 1 aromatic heterocycles. The van der Waals surface area contributed by atoms with Gasteiger partial charge in [0.15, 0.2) is 6.04 Å². The molecule has 172 valence electrons. The highest BCUT2D eigenvalue weighted by Gasteiger charge is 2.63. The Kier molecular flexibility index (Phi) is 9.80. The molecule has 8 N–H and O–H groups in total. The second-order valence-corrected chi connectivity index (χ2v) is 9.36. The van der Waals surface area contributed by atoms with E-state index >= 15 is 0 Å². The molecule has 3 atom stereocenters. The molecule has 3 aliphatic rings. The predicted molar refractivity (Wildman–Crippen MR) is 116 cm³/mol. The Balaban J connectivity index is 0.00000210. The minimum absolute atomic E-state index is 0. The SMILES string of the molecule is CC1(C)S[C@@H]2[C@H](N=CN3CCC(c4ncc[nH]4)CC3)C(=O)N2[C@H]1C(=O)O.Cl.O.O.O. The van der Waals surface area contributed by atoms with E-state index in [0.717, 1.165) is 31.8 Å². The smallest absolute Gasteiger partial charge is 0.327 e. The van der Waals surface area contributed by atoms with Crippen LogP contribution in [0.4, 0.5) is 0 Å². The van der Waals surface area contributed by atoms with Gasteiger partial charge in [0, 0.05) is 36.1 Å². The van der Waals surface area contributed by atoms with E-state index in [-0.39, 0.29) is 40.1 Å². The summed E-state index contributed by atoms with van der Waals surface area (Å²) >= 11 is 1.53. The number of imidazole rings is 1. The number of carboxylic acids is 1. The number of halogens is 1. The van der Waals surface area contributed by atoms with Crippen LogP contribution in [0, 0.1) is 0 Å². The number of hydrogen-bond acceptors (Lipinski definition) is 5. The fourth-order valence-electron chi connectivity index (χ4n) is 4.09. The van der Waals surface area contributed by atoms with Crippen LogP contribution in [-0.2, 0) is 9.59 Å². The topological polar surface area (TPSA) is 196 Å². The first kappa shape index (κ1) is 28.1. The van der Waals surface area contributed by atoms with Crippen LogP contribution in [0.25, 0.3) is 0 Å². The monoisotopic (exact) mass is 467 g/mol. The van der Waals surface area contributed by atoms with Crippen LogP contribution in [0.15, 0.2) is 17.4 Å². The maximum atomic E-state index is 12.4. The summed E-state index contributed by atoms with van der Waals surface area (Å²) in [4.78, 5) is 39.6. The average Bonchev–Trinajstić information content (AvgIpc) is 3.20. The van der Waals surface area contributed by atoms with E-state index in [1.54, 1.807) is 12.5 Å². The third-order valence-electron chi connectivity index (χ3n) is 5.47. The van der Waals surface area contributed by atoms with Crippen molar-refractivity contribution in [2.45, 2.75) is 54.8 Å². The van der Waals surface area contributed by atoms with Crippen molar-refractivity contribution in [2.24, 2.45) is 4.99 Å². The molecule has 3 fully saturated rings. The number of carboxylic acid groups (broad SMARTS) is 1. The van der Waals surface area contributed by atoms with Gasteiger partial charge in [0.05, 0.1) is 6.34 Å². The third-order valence-corrected chi connectivity index (χ3v) is 7.03. The number of aliphatic imine (C=N–C) groups is 1. The molecule has 1 aromatic rings. The number of aromatic nitrogens is 2.